The lowest BCUT2D eigenvalue weighted by molar-refractivity contribution is -0.137. The molecule has 8 heteroatoms. The summed E-state index contributed by atoms with van der Waals surface area (Å²) in [6.45, 7) is 7.87. The number of carbonyl (C=O) groups is 1. The van der Waals surface area contributed by atoms with Crippen LogP contribution in [0.3, 0.4) is 0 Å². The van der Waals surface area contributed by atoms with Crippen molar-refractivity contribution < 1.29 is 22.7 Å². The van der Waals surface area contributed by atoms with E-state index in [0.29, 0.717) is 19.1 Å². The molecule has 150 valence electrons. The van der Waals surface area contributed by atoms with Crippen LogP contribution in [0.5, 0.6) is 0 Å². The average Bonchev–Trinajstić information content (AvgIpc) is 2.58. The summed E-state index contributed by atoms with van der Waals surface area (Å²) in [5.41, 5.74) is -0.675. The second kappa shape index (κ2) is 9.57. The van der Waals surface area contributed by atoms with Crippen molar-refractivity contribution >= 4 is 23.6 Å². The van der Waals surface area contributed by atoms with Crippen LogP contribution in [0.15, 0.2) is 24.3 Å². The number of hydrogen-bond donors (Lipinski definition) is 1. The van der Waals surface area contributed by atoms with Crippen molar-refractivity contribution in [1.82, 2.24) is 10.2 Å². The Kier molecular flexibility index (Phi) is 7.70. The van der Waals surface area contributed by atoms with Crippen molar-refractivity contribution in [3.8, 4) is 0 Å². The van der Waals surface area contributed by atoms with Gasteiger partial charge in [-0.05, 0) is 29.7 Å². The predicted molar refractivity (Wildman–Crippen MR) is 99.5 cm³/mol. The Bertz CT molecular complexity index is 677. The van der Waals surface area contributed by atoms with Crippen LogP contribution >= 0.6 is 11.6 Å². The molecule has 1 fully saturated rings. The van der Waals surface area contributed by atoms with Crippen LogP contribution in [0.2, 0.25) is 5.02 Å². The zero-order valence-corrected chi connectivity index (χ0v) is 16.1. The Morgan fingerprint density at radius 3 is 2.85 bits per heavy atom. The van der Waals surface area contributed by atoms with E-state index in [9.17, 15) is 18.0 Å². The molecule has 0 spiro atoms. The summed E-state index contributed by atoms with van der Waals surface area (Å²) >= 11 is 5.58. The highest BCUT2D eigenvalue weighted by molar-refractivity contribution is 6.31. The Labute approximate surface area is 162 Å². The van der Waals surface area contributed by atoms with Gasteiger partial charge in [0, 0.05) is 32.3 Å². The minimum absolute atomic E-state index is 0.0952. The molecule has 1 atom stereocenters. The van der Waals surface area contributed by atoms with Crippen molar-refractivity contribution in [2.45, 2.75) is 26.1 Å². The van der Waals surface area contributed by atoms with Crippen molar-refractivity contribution in [1.29, 1.82) is 0 Å². The topological polar surface area (TPSA) is 41.6 Å². The second-order valence-electron chi connectivity index (χ2n) is 6.96. The van der Waals surface area contributed by atoms with E-state index < -0.39 is 11.7 Å². The maximum Gasteiger partial charge on any atom is 0.417 e. The van der Waals surface area contributed by atoms with Crippen LogP contribution in [0.4, 0.5) is 13.2 Å². The lowest BCUT2D eigenvalue weighted by Crippen LogP contribution is -2.48. The highest BCUT2D eigenvalue weighted by Crippen LogP contribution is 2.35. The normalized spacial score (nSPS) is 19.0. The highest BCUT2D eigenvalue weighted by Gasteiger charge is 2.33. The van der Waals surface area contributed by atoms with Crippen LogP contribution in [0.25, 0.3) is 6.08 Å². The molecular weight excluding hydrogens is 381 g/mol. The first kappa shape index (κ1) is 21.7. The lowest BCUT2D eigenvalue weighted by atomic mass is 10.1. The molecule has 27 heavy (non-hydrogen) atoms. The summed E-state index contributed by atoms with van der Waals surface area (Å²) in [7, 11) is 0. The molecule has 0 saturated carbocycles. The zero-order chi connectivity index (χ0) is 20.0. The fraction of sp³-hybridized carbons (Fsp3) is 0.526. The number of morpholine rings is 1. The molecule has 1 N–H and O–H groups in total. The third kappa shape index (κ3) is 7.16. The minimum atomic E-state index is -4.54. The van der Waals surface area contributed by atoms with E-state index in [1.807, 2.05) is 0 Å². The number of alkyl halides is 3. The summed E-state index contributed by atoms with van der Waals surface area (Å²) in [4.78, 5) is 14.3. The van der Waals surface area contributed by atoms with Gasteiger partial charge in [0.15, 0.2) is 0 Å². The van der Waals surface area contributed by atoms with Crippen molar-refractivity contribution in [3.63, 3.8) is 0 Å². The summed E-state index contributed by atoms with van der Waals surface area (Å²) in [6.07, 6.45) is -2.10. The van der Waals surface area contributed by atoms with Gasteiger partial charge in [-0.15, -0.1) is 0 Å². The molecule has 0 radical (unpaired) electrons. The number of amides is 1. The molecule has 0 aliphatic carbocycles. The molecular formula is C19H24ClF3N2O2. The maximum absolute atomic E-state index is 12.9. The maximum atomic E-state index is 12.9. The van der Waals surface area contributed by atoms with Gasteiger partial charge in [0.2, 0.25) is 5.91 Å². The van der Waals surface area contributed by atoms with E-state index in [-0.39, 0.29) is 22.6 Å². The summed E-state index contributed by atoms with van der Waals surface area (Å²) in [5, 5.41) is 2.36. The van der Waals surface area contributed by atoms with Gasteiger partial charge in [0.25, 0.3) is 0 Å². The fourth-order valence-electron chi connectivity index (χ4n) is 2.90. The standard InChI is InChI=1S/C19H24ClF3N2O2/c1-13(2)11-25-7-8-27-15(12-25)10-24-18(26)6-4-14-3-5-17(20)16(9-14)19(21,22)23/h3-6,9,13,15H,7-8,10-12H2,1-2H3,(H,24,26)/b6-4+. The molecule has 0 bridgehead atoms. The van der Waals surface area contributed by atoms with Gasteiger partial charge >= 0.3 is 6.18 Å². The molecule has 1 saturated heterocycles. The zero-order valence-electron chi connectivity index (χ0n) is 15.4. The Morgan fingerprint density at radius 1 is 1.44 bits per heavy atom. The van der Waals surface area contributed by atoms with Gasteiger partial charge in [-0.2, -0.15) is 13.2 Å². The van der Waals surface area contributed by atoms with Gasteiger partial charge in [0.1, 0.15) is 0 Å². The summed E-state index contributed by atoms with van der Waals surface area (Å²) < 4.78 is 44.2. The monoisotopic (exact) mass is 404 g/mol. The summed E-state index contributed by atoms with van der Waals surface area (Å²) in [5.74, 6) is 0.172. The van der Waals surface area contributed by atoms with E-state index in [1.54, 1.807) is 0 Å². The van der Waals surface area contributed by atoms with Gasteiger partial charge in [-0.25, -0.2) is 0 Å². The van der Waals surface area contributed by atoms with Gasteiger partial charge in [0.05, 0.1) is 23.3 Å². The first-order chi connectivity index (χ1) is 12.6. The van der Waals surface area contributed by atoms with E-state index in [1.165, 1.54) is 24.3 Å². The molecule has 0 aromatic heterocycles. The minimum Gasteiger partial charge on any atom is -0.374 e. The molecule has 1 aromatic rings. The number of nitrogens with zero attached hydrogens (tertiary/aromatic N) is 1. The third-order valence-electron chi connectivity index (χ3n) is 4.07. The number of hydrogen-bond acceptors (Lipinski definition) is 3. The molecule has 1 aromatic carbocycles. The van der Waals surface area contributed by atoms with Crippen LogP contribution in [-0.2, 0) is 15.7 Å². The van der Waals surface area contributed by atoms with Crippen molar-refractivity contribution in [2.24, 2.45) is 5.92 Å². The first-order valence-corrected chi connectivity index (χ1v) is 9.19. The number of benzene rings is 1. The average molecular weight is 405 g/mol. The van der Waals surface area contributed by atoms with Gasteiger partial charge in [-0.1, -0.05) is 31.5 Å². The van der Waals surface area contributed by atoms with Crippen LogP contribution in [0, 0.1) is 5.92 Å². The predicted octanol–water partition coefficient (Wildman–Crippen LogP) is 3.85. The van der Waals surface area contributed by atoms with E-state index >= 15 is 0 Å². The van der Waals surface area contributed by atoms with Gasteiger partial charge < -0.3 is 10.1 Å². The largest absolute Gasteiger partial charge is 0.417 e. The van der Waals surface area contributed by atoms with E-state index in [2.05, 4.69) is 24.1 Å². The molecule has 2 rings (SSSR count). The lowest BCUT2D eigenvalue weighted by Gasteiger charge is -2.33. The molecule has 1 aliphatic heterocycles. The van der Waals surface area contributed by atoms with Crippen molar-refractivity contribution in [3.05, 3.63) is 40.4 Å². The Morgan fingerprint density at radius 2 is 2.19 bits per heavy atom. The Balaban J connectivity index is 1.87. The number of ether oxygens (including phenoxy) is 1. The smallest absolute Gasteiger partial charge is 0.374 e. The second-order valence-corrected chi connectivity index (χ2v) is 7.37. The Hall–Kier alpha value is -1.57. The molecule has 1 amide bonds. The SMILES string of the molecule is CC(C)CN1CCOC(CNC(=O)/C=C/c2ccc(Cl)c(C(F)(F)F)c2)C1. The third-order valence-corrected chi connectivity index (χ3v) is 4.40. The van der Waals surface area contributed by atoms with Crippen LogP contribution in [0.1, 0.15) is 25.0 Å². The number of halogens is 4. The van der Waals surface area contributed by atoms with Gasteiger partial charge in [-0.3, -0.25) is 9.69 Å². The quantitative estimate of drug-likeness (QED) is 0.732. The first-order valence-electron chi connectivity index (χ1n) is 8.81. The number of nitrogens with one attached hydrogen (secondary N) is 1. The van der Waals surface area contributed by atoms with Crippen LogP contribution in [-0.4, -0.2) is 49.7 Å². The van der Waals surface area contributed by atoms with Crippen LogP contribution < -0.4 is 5.32 Å². The number of carbonyl (C=O) groups excluding carboxylic acids is 1. The number of rotatable bonds is 6. The summed E-state index contributed by atoms with van der Waals surface area (Å²) in [6, 6.07) is 3.51. The van der Waals surface area contributed by atoms with E-state index in [4.69, 9.17) is 16.3 Å². The fourth-order valence-corrected chi connectivity index (χ4v) is 3.12. The molecule has 1 heterocycles. The molecule has 1 aliphatic rings. The van der Waals surface area contributed by atoms with E-state index in [0.717, 1.165) is 25.7 Å². The molecule has 4 nitrogen and oxygen atoms in total. The molecule has 1 unspecified atom stereocenters. The van der Waals surface area contributed by atoms with Crippen molar-refractivity contribution in [2.75, 3.05) is 32.8 Å². The highest BCUT2D eigenvalue weighted by atomic mass is 35.5.